The number of hydrogen-bond acceptors (Lipinski definition) is 4. The van der Waals surface area contributed by atoms with Crippen LogP contribution in [0.15, 0.2) is 36.7 Å². The van der Waals surface area contributed by atoms with Crippen molar-refractivity contribution in [2.75, 3.05) is 12.1 Å². The number of hydrogen-bond donors (Lipinski definition) is 1. The second kappa shape index (κ2) is 4.56. The Bertz CT molecular complexity index is 569. The van der Waals surface area contributed by atoms with E-state index >= 15 is 0 Å². The molecule has 0 radical (unpaired) electrons. The molecule has 0 saturated carbocycles. The molecule has 0 unspecified atom stereocenters. The highest BCUT2D eigenvalue weighted by molar-refractivity contribution is 5.52. The van der Waals surface area contributed by atoms with Gasteiger partial charge in [-0.15, -0.1) is 0 Å². The lowest BCUT2D eigenvalue weighted by Crippen LogP contribution is -2.02. The second-order valence-corrected chi connectivity index (χ2v) is 4.20. The zero-order chi connectivity index (χ0) is 12.4. The molecule has 4 nitrogen and oxygen atoms in total. The molecule has 1 aliphatic heterocycles. The van der Waals surface area contributed by atoms with Crippen molar-refractivity contribution in [3.05, 3.63) is 47.8 Å². The molecule has 1 aromatic carbocycles. The van der Waals surface area contributed by atoms with E-state index in [0.717, 1.165) is 28.3 Å². The van der Waals surface area contributed by atoms with Gasteiger partial charge in [-0.1, -0.05) is 12.1 Å². The van der Waals surface area contributed by atoms with Crippen LogP contribution in [0.25, 0.3) is 0 Å². The number of pyridine rings is 1. The zero-order valence-corrected chi connectivity index (χ0v) is 10.1. The minimum Gasteiger partial charge on any atom is -0.454 e. The van der Waals surface area contributed by atoms with Crippen molar-refractivity contribution in [3.63, 3.8) is 0 Å². The third-order valence-corrected chi connectivity index (χ3v) is 2.97. The van der Waals surface area contributed by atoms with Gasteiger partial charge in [0.15, 0.2) is 11.5 Å². The molecular formula is C14H14N2O2. The lowest BCUT2D eigenvalue weighted by atomic mass is 10.1. The van der Waals surface area contributed by atoms with Crippen molar-refractivity contribution >= 4 is 5.69 Å². The highest BCUT2D eigenvalue weighted by atomic mass is 16.7. The topological polar surface area (TPSA) is 43.4 Å². The van der Waals surface area contributed by atoms with Gasteiger partial charge in [0, 0.05) is 30.2 Å². The quantitative estimate of drug-likeness (QED) is 0.898. The van der Waals surface area contributed by atoms with Crippen molar-refractivity contribution < 1.29 is 9.47 Å². The fourth-order valence-corrected chi connectivity index (χ4v) is 1.99. The van der Waals surface area contributed by atoms with Gasteiger partial charge in [0.2, 0.25) is 6.79 Å². The first-order chi connectivity index (χ1) is 8.84. The molecule has 0 fully saturated rings. The molecule has 0 spiro atoms. The Morgan fingerprint density at radius 1 is 1.28 bits per heavy atom. The van der Waals surface area contributed by atoms with Crippen LogP contribution >= 0.6 is 0 Å². The van der Waals surface area contributed by atoms with Crippen LogP contribution in [0.4, 0.5) is 5.69 Å². The molecule has 1 aromatic heterocycles. The second-order valence-electron chi connectivity index (χ2n) is 4.20. The Balaban J connectivity index is 1.78. The molecule has 0 amide bonds. The van der Waals surface area contributed by atoms with Gasteiger partial charge in [-0.25, -0.2) is 0 Å². The first-order valence-corrected chi connectivity index (χ1v) is 5.86. The number of ether oxygens (including phenoxy) is 2. The Hall–Kier alpha value is -2.23. The van der Waals surface area contributed by atoms with E-state index in [0.29, 0.717) is 13.3 Å². The number of para-hydroxylation sites is 1. The smallest absolute Gasteiger partial charge is 0.231 e. The minimum absolute atomic E-state index is 0.306. The maximum atomic E-state index is 5.47. The van der Waals surface area contributed by atoms with Crippen LogP contribution in [0.5, 0.6) is 11.5 Å². The molecule has 2 aromatic rings. The van der Waals surface area contributed by atoms with Crippen LogP contribution in [0.2, 0.25) is 0 Å². The van der Waals surface area contributed by atoms with E-state index in [1.54, 1.807) is 6.20 Å². The Morgan fingerprint density at radius 3 is 3.11 bits per heavy atom. The summed E-state index contributed by atoms with van der Waals surface area (Å²) in [7, 11) is 0. The van der Waals surface area contributed by atoms with E-state index in [1.807, 2.05) is 37.4 Å². The Labute approximate surface area is 106 Å². The predicted octanol–water partition coefficient (Wildman–Crippen LogP) is 2.73. The fraction of sp³-hybridized carbons (Fsp3) is 0.214. The van der Waals surface area contributed by atoms with Crippen LogP contribution in [-0.2, 0) is 6.54 Å². The van der Waals surface area contributed by atoms with Gasteiger partial charge in [0.05, 0.1) is 0 Å². The highest BCUT2D eigenvalue weighted by Gasteiger charge is 2.16. The summed E-state index contributed by atoms with van der Waals surface area (Å²) in [6, 6.07) is 7.90. The number of aryl methyl sites for hydroxylation is 1. The van der Waals surface area contributed by atoms with Crippen molar-refractivity contribution in [1.29, 1.82) is 0 Å². The van der Waals surface area contributed by atoms with Crippen LogP contribution in [-0.4, -0.2) is 11.8 Å². The lowest BCUT2D eigenvalue weighted by Gasteiger charge is -2.10. The van der Waals surface area contributed by atoms with E-state index in [-0.39, 0.29) is 0 Å². The maximum absolute atomic E-state index is 5.47. The van der Waals surface area contributed by atoms with Gasteiger partial charge >= 0.3 is 0 Å². The number of anilines is 1. The minimum atomic E-state index is 0.306. The molecule has 0 atom stereocenters. The number of rotatable bonds is 3. The van der Waals surface area contributed by atoms with Crippen LogP contribution in [0.1, 0.15) is 11.1 Å². The summed E-state index contributed by atoms with van der Waals surface area (Å²) >= 11 is 0. The van der Waals surface area contributed by atoms with Crippen molar-refractivity contribution in [1.82, 2.24) is 4.98 Å². The maximum Gasteiger partial charge on any atom is 0.231 e. The van der Waals surface area contributed by atoms with Gasteiger partial charge in [0.25, 0.3) is 0 Å². The van der Waals surface area contributed by atoms with Gasteiger partial charge in [-0.2, -0.15) is 0 Å². The summed E-state index contributed by atoms with van der Waals surface area (Å²) in [4.78, 5) is 4.07. The number of nitrogens with one attached hydrogen (secondary N) is 1. The van der Waals surface area contributed by atoms with Crippen LogP contribution in [0.3, 0.4) is 0 Å². The highest BCUT2D eigenvalue weighted by Crippen LogP contribution is 2.35. The van der Waals surface area contributed by atoms with Gasteiger partial charge in [0.1, 0.15) is 0 Å². The van der Waals surface area contributed by atoms with Crippen molar-refractivity contribution in [3.8, 4) is 11.5 Å². The summed E-state index contributed by atoms with van der Waals surface area (Å²) in [5.74, 6) is 1.66. The molecule has 92 valence electrons. The first-order valence-electron chi connectivity index (χ1n) is 5.86. The van der Waals surface area contributed by atoms with E-state index < -0.39 is 0 Å². The number of fused-ring (bicyclic) bond motifs is 1. The van der Waals surface area contributed by atoms with Crippen molar-refractivity contribution in [2.45, 2.75) is 13.5 Å². The Kier molecular flexibility index (Phi) is 2.76. The molecular weight excluding hydrogens is 228 g/mol. The molecule has 2 heterocycles. The molecule has 18 heavy (non-hydrogen) atoms. The van der Waals surface area contributed by atoms with E-state index in [1.165, 1.54) is 0 Å². The summed E-state index contributed by atoms with van der Waals surface area (Å²) in [5, 5.41) is 3.38. The van der Waals surface area contributed by atoms with E-state index in [4.69, 9.17) is 9.47 Å². The molecule has 0 aliphatic carbocycles. The summed E-state index contributed by atoms with van der Waals surface area (Å²) < 4.78 is 10.8. The first kappa shape index (κ1) is 10.9. The lowest BCUT2D eigenvalue weighted by molar-refractivity contribution is 0.173. The van der Waals surface area contributed by atoms with E-state index in [9.17, 15) is 0 Å². The molecule has 0 saturated heterocycles. The molecule has 4 heteroatoms. The SMILES string of the molecule is Cc1cnccc1NCc1cccc2c1OCO2. The average molecular weight is 242 g/mol. The van der Waals surface area contributed by atoms with Gasteiger partial charge in [-0.3, -0.25) is 4.98 Å². The standard InChI is InChI=1S/C14H14N2O2/c1-10-7-15-6-5-12(10)16-8-11-3-2-4-13-14(11)18-9-17-13/h2-7H,8-9H2,1H3,(H,15,16). The molecule has 1 N–H and O–H groups in total. The normalized spacial score (nSPS) is 12.5. The molecule has 0 bridgehead atoms. The number of nitrogens with zero attached hydrogens (tertiary/aromatic N) is 1. The monoisotopic (exact) mass is 242 g/mol. The summed E-state index contributed by atoms with van der Waals surface area (Å²) in [6.07, 6.45) is 3.63. The van der Waals surface area contributed by atoms with Crippen LogP contribution < -0.4 is 14.8 Å². The van der Waals surface area contributed by atoms with Crippen molar-refractivity contribution in [2.24, 2.45) is 0 Å². The summed E-state index contributed by atoms with van der Waals surface area (Å²) in [6.45, 7) is 3.04. The average Bonchev–Trinajstić information content (AvgIpc) is 2.86. The largest absolute Gasteiger partial charge is 0.454 e. The van der Waals surface area contributed by atoms with E-state index in [2.05, 4.69) is 10.3 Å². The third-order valence-electron chi connectivity index (χ3n) is 2.97. The van der Waals surface area contributed by atoms with Gasteiger partial charge in [-0.05, 0) is 24.6 Å². The summed E-state index contributed by atoms with van der Waals surface area (Å²) in [5.41, 5.74) is 3.31. The van der Waals surface area contributed by atoms with Crippen LogP contribution in [0, 0.1) is 6.92 Å². The zero-order valence-electron chi connectivity index (χ0n) is 10.1. The predicted molar refractivity (Wildman–Crippen MR) is 68.9 cm³/mol. The number of aromatic nitrogens is 1. The fourth-order valence-electron chi connectivity index (χ4n) is 1.99. The van der Waals surface area contributed by atoms with Gasteiger partial charge < -0.3 is 14.8 Å². The third kappa shape index (κ3) is 1.97. The molecule has 1 aliphatic rings. The molecule has 3 rings (SSSR count). The number of benzene rings is 1. The Morgan fingerprint density at radius 2 is 2.22 bits per heavy atom.